The van der Waals surface area contributed by atoms with Crippen LogP contribution in [0.25, 0.3) is 11.3 Å². The van der Waals surface area contributed by atoms with Crippen LogP contribution < -0.4 is 9.64 Å². The monoisotopic (exact) mass is 316 g/mol. The lowest BCUT2D eigenvalue weighted by atomic mass is 10.1. The highest BCUT2D eigenvalue weighted by atomic mass is 32.2. The van der Waals surface area contributed by atoms with E-state index in [9.17, 15) is 4.79 Å². The van der Waals surface area contributed by atoms with Crippen LogP contribution in [0.15, 0.2) is 29.4 Å². The topological polar surface area (TPSA) is 68.2 Å². The standard InChI is InChI=1S/C15H16N4O2S/c1-9(20)19-11-8-6-5-7-10(11)12-13(21-15(19,2)3)16-14(22-4)18-17-12/h5-8H,1-4H3. The molecule has 1 amide bonds. The zero-order valence-electron chi connectivity index (χ0n) is 12.8. The normalized spacial score (nSPS) is 15.4. The van der Waals surface area contributed by atoms with Gasteiger partial charge in [-0.2, -0.15) is 4.98 Å². The van der Waals surface area contributed by atoms with Gasteiger partial charge in [-0.1, -0.05) is 30.0 Å². The van der Waals surface area contributed by atoms with E-state index in [4.69, 9.17) is 4.74 Å². The van der Waals surface area contributed by atoms with E-state index >= 15 is 0 Å². The van der Waals surface area contributed by atoms with Crippen molar-refractivity contribution >= 4 is 23.4 Å². The molecule has 0 N–H and O–H groups in total. The number of thioether (sulfide) groups is 1. The number of aromatic nitrogens is 3. The zero-order chi connectivity index (χ0) is 15.9. The maximum Gasteiger partial charge on any atom is 0.247 e. The van der Waals surface area contributed by atoms with Crippen molar-refractivity contribution in [1.29, 1.82) is 0 Å². The summed E-state index contributed by atoms with van der Waals surface area (Å²) in [6.07, 6.45) is 1.88. The molecule has 1 aromatic heterocycles. The van der Waals surface area contributed by atoms with Gasteiger partial charge in [0.2, 0.25) is 16.9 Å². The number of carbonyl (C=O) groups is 1. The van der Waals surface area contributed by atoms with Gasteiger partial charge in [0.05, 0.1) is 5.69 Å². The van der Waals surface area contributed by atoms with Crippen molar-refractivity contribution in [3.05, 3.63) is 24.3 Å². The smallest absolute Gasteiger partial charge is 0.247 e. The van der Waals surface area contributed by atoms with Crippen molar-refractivity contribution in [3.8, 4) is 17.1 Å². The van der Waals surface area contributed by atoms with Gasteiger partial charge in [0.15, 0.2) is 11.4 Å². The fourth-order valence-electron chi connectivity index (χ4n) is 2.61. The summed E-state index contributed by atoms with van der Waals surface area (Å²) in [7, 11) is 0. The number of nitrogens with zero attached hydrogens (tertiary/aromatic N) is 4. The molecule has 0 fully saturated rings. The van der Waals surface area contributed by atoms with Crippen molar-refractivity contribution in [3.63, 3.8) is 0 Å². The van der Waals surface area contributed by atoms with Crippen molar-refractivity contribution in [2.45, 2.75) is 31.7 Å². The lowest BCUT2D eigenvalue weighted by molar-refractivity contribution is -0.119. The third kappa shape index (κ3) is 2.31. The molecule has 0 saturated carbocycles. The molecule has 1 aliphatic heterocycles. The van der Waals surface area contributed by atoms with E-state index in [1.54, 1.807) is 4.90 Å². The van der Waals surface area contributed by atoms with Crippen LogP contribution in [0, 0.1) is 0 Å². The number of para-hydroxylation sites is 1. The number of anilines is 1. The number of rotatable bonds is 1. The van der Waals surface area contributed by atoms with Crippen LogP contribution in [0.3, 0.4) is 0 Å². The molecule has 0 saturated heterocycles. The highest BCUT2D eigenvalue weighted by Crippen LogP contribution is 2.42. The van der Waals surface area contributed by atoms with Gasteiger partial charge in [-0.05, 0) is 26.2 Å². The number of fused-ring (bicyclic) bond motifs is 3. The first-order chi connectivity index (χ1) is 10.4. The Kier molecular flexibility index (Phi) is 3.52. The molecule has 0 spiro atoms. The Morgan fingerprint density at radius 2 is 2.00 bits per heavy atom. The molecular weight excluding hydrogens is 300 g/mol. The van der Waals surface area contributed by atoms with Gasteiger partial charge in [-0.3, -0.25) is 9.69 Å². The molecule has 2 aromatic rings. The van der Waals surface area contributed by atoms with Crippen LogP contribution in [0.2, 0.25) is 0 Å². The third-order valence-electron chi connectivity index (χ3n) is 3.42. The van der Waals surface area contributed by atoms with Gasteiger partial charge in [-0.25, -0.2) is 0 Å². The Balaban J connectivity index is 2.30. The van der Waals surface area contributed by atoms with E-state index in [1.165, 1.54) is 18.7 Å². The minimum absolute atomic E-state index is 0.108. The SMILES string of the molecule is CSc1nnc2c(n1)OC(C)(C)N(C(C)=O)c1ccccc1-2. The van der Waals surface area contributed by atoms with Crippen molar-refractivity contribution in [1.82, 2.24) is 15.2 Å². The molecule has 1 aromatic carbocycles. The second kappa shape index (κ2) is 5.24. The maximum atomic E-state index is 12.2. The average Bonchev–Trinajstić information content (AvgIpc) is 2.56. The summed E-state index contributed by atoms with van der Waals surface area (Å²) in [5.41, 5.74) is 1.20. The second-order valence-corrected chi connectivity index (χ2v) is 6.15. The van der Waals surface area contributed by atoms with Crippen LogP contribution in [0.4, 0.5) is 5.69 Å². The van der Waals surface area contributed by atoms with E-state index in [1.807, 2.05) is 44.4 Å². The van der Waals surface area contributed by atoms with Crippen LogP contribution >= 0.6 is 11.8 Å². The molecule has 0 aliphatic carbocycles. The Morgan fingerprint density at radius 3 is 2.68 bits per heavy atom. The summed E-state index contributed by atoms with van der Waals surface area (Å²) in [5.74, 6) is 0.281. The van der Waals surface area contributed by atoms with Gasteiger partial charge >= 0.3 is 0 Å². The lowest BCUT2D eigenvalue weighted by Crippen LogP contribution is -2.51. The highest BCUT2D eigenvalue weighted by Gasteiger charge is 2.38. The van der Waals surface area contributed by atoms with Crippen LogP contribution in [-0.2, 0) is 4.79 Å². The second-order valence-electron chi connectivity index (χ2n) is 5.37. The van der Waals surface area contributed by atoms with Gasteiger partial charge in [0, 0.05) is 12.5 Å². The van der Waals surface area contributed by atoms with Crippen molar-refractivity contribution < 1.29 is 9.53 Å². The van der Waals surface area contributed by atoms with E-state index < -0.39 is 5.72 Å². The Labute approximate surface area is 132 Å². The molecule has 0 radical (unpaired) electrons. The predicted molar refractivity (Wildman–Crippen MR) is 84.9 cm³/mol. The predicted octanol–water partition coefficient (Wildman–Crippen LogP) is 2.74. The molecule has 3 rings (SSSR count). The first kappa shape index (κ1) is 14.8. The van der Waals surface area contributed by atoms with Gasteiger partial charge < -0.3 is 4.74 Å². The molecule has 7 heteroatoms. The Bertz CT molecular complexity index is 748. The molecule has 114 valence electrons. The number of hydrogen-bond acceptors (Lipinski definition) is 6. The van der Waals surface area contributed by atoms with Crippen molar-refractivity contribution in [2.24, 2.45) is 0 Å². The number of ether oxygens (including phenoxy) is 1. The molecule has 22 heavy (non-hydrogen) atoms. The summed E-state index contributed by atoms with van der Waals surface area (Å²) in [6.45, 7) is 5.19. The average molecular weight is 316 g/mol. The maximum absolute atomic E-state index is 12.2. The lowest BCUT2D eigenvalue weighted by Gasteiger charge is -2.36. The van der Waals surface area contributed by atoms with E-state index in [0.717, 1.165) is 11.3 Å². The fraction of sp³-hybridized carbons (Fsp3) is 0.333. The third-order valence-corrected chi connectivity index (χ3v) is 3.96. The van der Waals surface area contributed by atoms with E-state index in [-0.39, 0.29) is 5.91 Å². The Hall–Kier alpha value is -2.15. The summed E-state index contributed by atoms with van der Waals surface area (Å²) in [5, 5.41) is 8.87. The number of benzene rings is 1. The van der Waals surface area contributed by atoms with Gasteiger partial charge in [0.25, 0.3) is 0 Å². The zero-order valence-corrected chi connectivity index (χ0v) is 13.6. The first-order valence-electron chi connectivity index (χ1n) is 6.82. The van der Waals surface area contributed by atoms with E-state index in [0.29, 0.717) is 16.7 Å². The largest absolute Gasteiger partial charge is 0.449 e. The highest BCUT2D eigenvalue weighted by molar-refractivity contribution is 7.98. The molecule has 2 heterocycles. The summed E-state index contributed by atoms with van der Waals surface area (Å²) in [6, 6.07) is 7.54. The first-order valence-corrected chi connectivity index (χ1v) is 8.04. The number of amides is 1. The number of carbonyl (C=O) groups excluding carboxylic acids is 1. The van der Waals surface area contributed by atoms with E-state index in [2.05, 4.69) is 15.2 Å². The van der Waals surface area contributed by atoms with Crippen LogP contribution in [0.1, 0.15) is 20.8 Å². The van der Waals surface area contributed by atoms with Crippen LogP contribution in [0.5, 0.6) is 5.88 Å². The van der Waals surface area contributed by atoms with Crippen LogP contribution in [-0.4, -0.2) is 33.1 Å². The molecule has 1 aliphatic rings. The van der Waals surface area contributed by atoms with Crippen molar-refractivity contribution in [2.75, 3.05) is 11.2 Å². The summed E-state index contributed by atoms with van der Waals surface area (Å²) < 4.78 is 6.02. The molecule has 0 unspecified atom stereocenters. The molecule has 0 bridgehead atoms. The quantitative estimate of drug-likeness (QED) is 0.754. The number of hydrogen-bond donors (Lipinski definition) is 0. The summed E-state index contributed by atoms with van der Waals surface area (Å²) >= 11 is 1.39. The molecule has 6 nitrogen and oxygen atoms in total. The fourth-order valence-corrected chi connectivity index (χ4v) is 2.91. The van der Waals surface area contributed by atoms with Gasteiger partial charge in [-0.15, -0.1) is 10.2 Å². The molecule has 0 atom stereocenters. The minimum atomic E-state index is -0.876. The summed E-state index contributed by atoms with van der Waals surface area (Å²) in [4.78, 5) is 18.2. The molecular formula is C15H16N4O2S. The van der Waals surface area contributed by atoms with Gasteiger partial charge in [0.1, 0.15) is 0 Å². The Morgan fingerprint density at radius 1 is 1.27 bits per heavy atom. The minimum Gasteiger partial charge on any atom is -0.449 e.